The molecule has 0 atom stereocenters. The molecule has 0 spiro atoms. The zero-order valence-electron chi connectivity index (χ0n) is 13.5. The monoisotopic (exact) mass is 314 g/mol. The Bertz CT molecular complexity index is 627. The van der Waals surface area contributed by atoms with Crippen LogP contribution in [0.5, 0.6) is 11.5 Å². The minimum atomic E-state index is -0.783. The summed E-state index contributed by atoms with van der Waals surface area (Å²) >= 11 is 0. The van der Waals surface area contributed by atoms with E-state index < -0.39 is 5.97 Å². The van der Waals surface area contributed by atoms with E-state index in [1.165, 1.54) is 0 Å². The highest BCUT2D eigenvalue weighted by Crippen LogP contribution is 2.22. The van der Waals surface area contributed by atoms with Crippen molar-refractivity contribution in [3.8, 4) is 11.5 Å². The molecule has 0 saturated heterocycles. The van der Waals surface area contributed by atoms with Gasteiger partial charge in [-0.05, 0) is 49.1 Å². The van der Waals surface area contributed by atoms with Gasteiger partial charge in [0.1, 0.15) is 24.7 Å². The van der Waals surface area contributed by atoms with E-state index in [0.717, 1.165) is 28.2 Å². The average Bonchev–Trinajstić information content (AvgIpc) is 2.53. The van der Waals surface area contributed by atoms with Crippen molar-refractivity contribution in [3.63, 3.8) is 0 Å². The van der Waals surface area contributed by atoms with E-state index >= 15 is 0 Å². The van der Waals surface area contributed by atoms with Gasteiger partial charge < -0.3 is 14.6 Å². The fourth-order valence-electron chi connectivity index (χ4n) is 2.33. The molecule has 0 aliphatic carbocycles. The summed E-state index contributed by atoms with van der Waals surface area (Å²) in [7, 11) is 0. The molecule has 0 saturated carbocycles. The maximum absolute atomic E-state index is 10.5. The number of carboxylic acid groups (broad SMARTS) is 1. The van der Waals surface area contributed by atoms with Crippen molar-refractivity contribution in [2.24, 2.45) is 0 Å². The van der Waals surface area contributed by atoms with Crippen LogP contribution in [0.3, 0.4) is 0 Å². The van der Waals surface area contributed by atoms with Crippen molar-refractivity contribution in [2.45, 2.75) is 26.7 Å². The van der Waals surface area contributed by atoms with Gasteiger partial charge in [0.2, 0.25) is 0 Å². The molecular formula is C19H22O4. The summed E-state index contributed by atoms with van der Waals surface area (Å²) < 4.78 is 11.4. The predicted octanol–water partition coefficient (Wildman–Crippen LogP) is 3.78. The number of para-hydroxylation sites is 1. The van der Waals surface area contributed by atoms with Crippen LogP contribution in [0, 0.1) is 13.8 Å². The topological polar surface area (TPSA) is 55.8 Å². The smallest absolute Gasteiger partial charge is 0.303 e. The third-order valence-electron chi connectivity index (χ3n) is 3.56. The summed E-state index contributed by atoms with van der Waals surface area (Å²) in [6.45, 7) is 4.99. The number of carboxylic acids is 1. The van der Waals surface area contributed by atoms with Gasteiger partial charge in [-0.1, -0.05) is 30.3 Å². The third-order valence-corrected chi connectivity index (χ3v) is 3.56. The number of benzene rings is 2. The van der Waals surface area contributed by atoms with Gasteiger partial charge in [0.15, 0.2) is 0 Å². The van der Waals surface area contributed by atoms with Crippen molar-refractivity contribution in [2.75, 3.05) is 13.2 Å². The molecule has 4 heteroatoms. The number of aryl methyl sites for hydroxylation is 3. The second kappa shape index (κ2) is 8.22. The Balaban J connectivity index is 1.77. The molecule has 0 radical (unpaired) electrons. The maximum Gasteiger partial charge on any atom is 0.303 e. The fraction of sp³-hybridized carbons (Fsp3) is 0.316. The highest BCUT2D eigenvalue weighted by molar-refractivity contribution is 5.67. The van der Waals surface area contributed by atoms with Crippen LogP contribution < -0.4 is 9.47 Å². The first kappa shape index (κ1) is 16.9. The molecule has 122 valence electrons. The van der Waals surface area contributed by atoms with Crippen LogP contribution in [-0.2, 0) is 11.2 Å². The van der Waals surface area contributed by atoms with E-state index in [9.17, 15) is 4.79 Å². The standard InChI is InChI=1S/C19H22O4/c1-14-4-3-5-15(2)19(14)23-13-12-22-17-9-6-16(7-10-17)8-11-18(20)21/h3-7,9-10H,8,11-13H2,1-2H3,(H,20,21). The minimum absolute atomic E-state index is 0.143. The summed E-state index contributed by atoms with van der Waals surface area (Å²) in [5.41, 5.74) is 3.23. The molecule has 4 nitrogen and oxygen atoms in total. The Hall–Kier alpha value is -2.49. The van der Waals surface area contributed by atoms with Crippen LogP contribution in [0.25, 0.3) is 0 Å². The molecule has 0 amide bonds. The van der Waals surface area contributed by atoms with Crippen LogP contribution >= 0.6 is 0 Å². The molecular weight excluding hydrogens is 292 g/mol. The quantitative estimate of drug-likeness (QED) is 0.753. The molecule has 0 aliphatic heterocycles. The van der Waals surface area contributed by atoms with Gasteiger partial charge in [-0.3, -0.25) is 4.79 Å². The molecule has 2 rings (SSSR count). The van der Waals surface area contributed by atoms with Gasteiger partial charge in [-0.2, -0.15) is 0 Å². The Morgan fingerprint density at radius 3 is 2.17 bits per heavy atom. The van der Waals surface area contributed by atoms with Crippen molar-refractivity contribution >= 4 is 5.97 Å². The summed E-state index contributed by atoms with van der Waals surface area (Å²) in [4.78, 5) is 10.5. The lowest BCUT2D eigenvalue weighted by Crippen LogP contribution is -2.10. The normalized spacial score (nSPS) is 10.3. The molecule has 0 aliphatic rings. The van der Waals surface area contributed by atoms with E-state index in [2.05, 4.69) is 0 Å². The number of hydrogen-bond acceptors (Lipinski definition) is 3. The number of ether oxygens (including phenoxy) is 2. The van der Waals surface area contributed by atoms with Gasteiger partial charge in [-0.15, -0.1) is 0 Å². The van der Waals surface area contributed by atoms with Gasteiger partial charge >= 0.3 is 5.97 Å². The van der Waals surface area contributed by atoms with E-state index in [1.807, 2.05) is 56.3 Å². The Labute approximate surface area is 136 Å². The van der Waals surface area contributed by atoms with Crippen LogP contribution in [-0.4, -0.2) is 24.3 Å². The molecule has 2 aromatic carbocycles. The second-order valence-corrected chi connectivity index (χ2v) is 5.46. The van der Waals surface area contributed by atoms with Crippen LogP contribution in [0.4, 0.5) is 0 Å². The van der Waals surface area contributed by atoms with Crippen LogP contribution in [0.2, 0.25) is 0 Å². The Morgan fingerprint density at radius 2 is 1.57 bits per heavy atom. The lowest BCUT2D eigenvalue weighted by Gasteiger charge is -2.12. The van der Waals surface area contributed by atoms with Crippen molar-refractivity contribution in [1.82, 2.24) is 0 Å². The number of hydrogen-bond donors (Lipinski definition) is 1. The molecule has 0 aromatic heterocycles. The lowest BCUT2D eigenvalue weighted by molar-refractivity contribution is -0.136. The largest absolute Gasteiger partial charge is 0.490 e. The Morgan fingerprint density at radius 1 is 0.957 bits per heavy atom. The predicted molar refractivity (Wildman–Crippen MR) is 89.3 cm³/mol. The molecule has 0 bridgehead atoms. The average molecular weight is 314 g/mol. The number of rotatable bonds is 8. The van der Waals surface area contributed by atoms with Gasteiger partial charge in [0.05, 0.1) is 0 Å². The van der Waals surface area contributed by atoms with Gasteiger partial charge in [0, 0.05) is 6.42 Å². The summed E-state index contributed by atoms with van der Waals surface area (Å²) in [6.07, 6.45) is 0.676. The molecule has 0 heterocycles. The molecule has 0 fully saturated rings. The van der Waals surface area contributed by atoms with E-state index in [1.54, 1.807) is 0 Å². The number of carbonyl (C=O) groups is 1. The molecule has 0 unspecified atom stereocenters. The van der Waals surface area contributed by atoms with E-state index in [4.69, 9.17) is 14.6 Å². The first-order valence-corrected chi connectivity index (χ1v) is 7.69. The Kier molecular flexibility index (Phi) is 6.03. The molecule has 1 N–H and O–H groups in total. The fourth-order valence-corrected chi connectivity index (χ4v) is 2.33. The lowest BCUT2D eigenvalue weighted by atomic mass is 10.1. The van der Waals surface area contributed by atoms with Crippen LogP contribution in [0.1, 0.15) is 23.1 Å². The minimum Gasteiger partial charge on any atom is -0.490 e. The summed E-state index contributed by atoms with van der Waals surface area (Å²) in [5, 5.41) is 8.67. The molecule has 2 aromatic rings. The zero-order chi connectivity index (χ0) is 16.7. The SMILES string of the molecule is Cc1cccc(C)c1OCCOc1ccc(CCC(=O)O)cc1. The summed E-state index contributed by atoms with van der Waals surface area (Å²) in [5.74, 6) is 0.892. The highest BCUT2D eigenvalue weighted by atomic mass is 16.5. The van der Waals surface area contributed by atoms with E-state index in [0.29, 0.717) is 19.6 Å². The molecule has 23 heavy (non-hydrogen) atoms. The maximum atomic E-state index is 10.5. The van der Waals surface area contributed by atoms with Crippen molar-refractivity contribution < 1.29 is 19.4 Å². The van der Waals surface area contributed by atoms with Gasteiger partial charge in [0.25, 0.3) is 0 Å². The third kappa shape index (κ3) is 5.33. The highest BCUT2D eigenvalue weighted by Gasteiger charge is 2.03. The number of aliphatic carboxylic acids is 1. The van der Waals surface area contributed by atoms with E-state index in [-0.39, 0.29) is 6.42 Å². The van der Waals surface area contributed by atoms with Crippen LogP contribution in [0.15, 0.2) is 42.5 Å². The summed E-state index contributed by atoms with van der Waals surface area (Å²) in [6, 6.07) is 13.6. The van der Waals surface area contributed by atoms with Gasteiger partial charge in [-0.25, -0.2) is 0 Å². The van der Waals surface area contributed by atoms with Crippen molar-refractivity contribution in [1.29, 1.82) is 0 Å². The first-order valence-electron chi connectivity index (χ1n) is 7.69. The second-order valence-electron chi connectivity index (χ2n) is 5.46. The van der Waals surface area contributed by atoms with Crippen molar-refractivity contribution in [3.05, 3.63) is 59.2 Å². The zero-order valence-corrected chi connectivity index (χ0v) is 13.5. The first-order chi connectivity index (χ1) is 11.1.